The Morgan fingerprint density at radius 3 is 2.24 bits per heavy atom. The number of amides is 1. The smallest absolute Gasteiger partial charge is 0.234 e. The third kappa shape index (κ3) is 3.98. The molecule has 0 bridgehead atoms. The quantitative estimate of drug-likeness (QED) is 0.772. The van der Waals surface area contributed by atoms with E-state index >= 15 is 0 Å². The van der Waals surface area contributed by atoms with E-state index in [2.05, 4.69) is 5.32 Å². The van der Waals surface area contributed by atoms with E-state index in [9.17, 15) is 4.79 Å². The first kappa shape index (κ1) is 12.9. The summed E-state index contributed by atoms with van der Waals surface area (Å²) in [4.78, 5) is 11.5. The first-order valence-corrected chi connectivity index (χ1v) is 7.31. The minimum Gasteiger partial charge on any atom is -0.368 e. The van der Waals surface area contributed by atoms with Crippen LogP contribution < -0.4 is 11.1 Å². The highest BCUT2D eigenvalue weighted by molar-refractivity contribution is 5.79. The summed E-state index contributed by atoms with van der Waals surface area (Å²) in [6.07, 6.45) is 12.6. The van der Waals surface area contributed by atoms with E-state index in [0.29, 0.717) is 6.04 Å². The molecule has 0 aromatic carbocycles. The lowest BCUT2D eigenvalue weighted by molar-refractivity contribution is -0.120. The molecule has 17 heavy (non-hydrogen) atoms. The topological polar surface area (TPSA) is 55.1 Å². The molecule has 0 aromatic heterocycles. The fourth-order valence-corrected chi connectivity index (χ4v) is 3.40. The van der Waals surface area contributed by atoms with Gasteiger partial charge in [0.1, 0.15) is 0 Å². The summed E-state index contributed by atoms with van der Waals surface area (Å²) in [6.45, 7) is 0. The average Bonchev–Trinajstić information content (AvgIpc) is 2.82. The summed E-state index contributed by atoms with van der Waals surface area (Å²) < 4.78 is 0. The van der Waals surface area contributed by atoms with Gasteiger partial charge in [0.15, 0.2) is 0 Å². The predicted octanol–water partition coefficient (Wildman–Crippen LogP) is 2.34. The van der Waals surface area contributed by atoms with Gasteiger partial charge < -0.3 is 11.1 Å². The molecule has 0 spiro atoms. The van der Waals surface area contributed by atoms with E-state index in [1.54, 1.807) is 0 Å². The molecule has 0 aliphatic heterocycles. The average molecular weight is 238 g/mol. The van der Waals surface area contributed by atoms with Gasteiger partial charge in [-0.05, 0) is 25.2 Å². The van der Waals surface area contributed by atoms with Gasteiger partial charge in [0.05, 0.1) is 6.04 Å². The Morgan fingerprint density at radius 2 is 1.65 bits per heavy atom. The zero-order valence-corrected chi connectivity index (χ0v) is 10.8. The Morgan fingerprint density at radius 1 is 1.06 bits per heavy atom. The molecule has 2 rings (SSSR count). The van der Waals surface area contributed by atoms with E-state index in [-0.39, 0.29) is 11.9 Å². The van der Waals surface area contributed by atoms with Gasteiger partial charge in [-0.1, -0.05) is 44.9 Å². The molecule has 0 heterocycles. The number of carbonyl (C=O) groups is 1. The van der Waals surface area contributed by atoms with E-state index in [1.807, 2.05) is 0 Å². The zero-order valence-electron chi connectivity index (χ0n) is 10.8. The Labute approximate surface area is 105 Å². The first-order valence-electron chi connectivity index (χ1n) is 7.31. The monoisotopic (exact) mass is 238 g/mol. The Bertz CT molecular complexity index is 243. The zero-order chi connectivity index (χ0) is 12.1. The third-order valence-corrected chi connectivity index (χ3v) is 4.43. The van der Waals surface area contributed by atoms with Crippen LogP contribution >= 0.6 is 0 Å². The number of hydrogen-bond donors (Lipinski definition) is 2. The van der Waals surface area contributed by atoms with Gasteiger partial charge in [-0.2, -0.15) is 0 Å². The molecular weight excluding hydrogens is 212 g/mol. The van der Waals surface area contributed by atoms with Crippen LogP contribution in [0.4, 0.5) is 0 Å². The van der Waals surface area contributed by atoms with Crippen LogP contribution in [0.1, 0.15) is 64.2 Å². The van der Waals surface area contributed by atoms with E-state index < -0.39 is 0 Å². The summed E-state index contributed by atoms with van der Waals surface area (Å²) >= 11 is 0. The summed E-state index contributed by atoms with van der Waals surface area (Å²) in [5.74, 6) is 0.567. The van der Waals surface area contributed by atoms with Crippen molar-refractivity contribution in [3.05, 3.63) is 0 Å². The minimum atomic E-state index is -0.150. The second-order valence-electron chi connectivity index (χ2n) is 5.84. The van der Waals surface area contributed by atoms with Crippen LogP contribution in [-0.2, 0) is 4.79 Å². The molecule has 0 aromatic rings. The molecule has 2 saturated carbocycles. The lowest BCUT2D eigenvalue weighted by Crippen LogP contribution is -2.46. The van der Waals surface area contributed by atoms with Gasteiger partial charge in [-0.3, -0.25) is 4.79 Å². The fourth-order valence-electron chi connectivity index (χ4n) is 3.40. The van der Waals surface area contributed by atoms with Crippen molar-refractivity contribution in [2.24, 2.45) is 11.7 Å². The van der Waals surface area contributed by atoms with Crippen molar-refractivity contribution in [2.75, 3.05) is 0 Å². The molecule has 2 aliphatic carbocycles. The maximum Gasteiger partial charge on any atom is 0.234 e. The van der Waals surface area contributed by atoms with Crippen LogP contribution in [-0.4, -0.2) is 18.0 Å². The van der Waals surface area contributed by atoms with Crippen LogP contribution in [0.15, 0.2) is 0 Å². The van der Waals surface area contributed by atoms with Crippen molar-refractivity contribution < 1.29 is 4.79 Å². The fraction of sp³-hybridized carbons (Fsp3) is 0.929. The van der Waals surface area contributed by atoms with Crippen LogP contribution in [0.3, 0.4) is 0 Å². The van der Waals surface area contributed by atoms with Crippen LogP contribution in [0, 0.1) is 5.92 Å². The molecule has 2 fully saturated rings. The van der Waals surface area contributed by atoms with Gasteiger partial charge in [0.2, 0.25) is 5.91 Å². The van der Waals surface area contributed by atoms with Crippen molar-refractivity contribution in [3.8, 4) is 0 Å². The van der Waals surface area contributed by atoms with Crippen molar-refractivity contribution in [2.45, 2.75) is 76.3 Å². The van der Waals surface area contributed by atoms with Crippen LogP contribution in [0.2, 0.25) is 0 Å². The third-order valence-electron chi connectivity index (χ3n) is 4.43. The minimum absolute atomic E-state index is 0.0822. The SMILES string of the molecule is NC(=O)C(CC1CCCCC1)NC1CCCC1. The molecule has 3 N–H and O–H groups in total. The van der Waals surface area contributed by atoms with Gasteiger partial charge in [0.25, 0.3) is 0 Å². The Hall–Kier alpha value is -0.570. The van der Waals surface area contributed by atoms with Crippen LogP contribution in [0.5, 0.6) is 0 Å². The number of hydrogen-bond acceptors (Lipinski definition) is 2. The summed E-state index contributed by atoms with van der Waals surface area (Å²) in [5.41, 5.74) is 5.53. The number of rotatable bonds is 5. The summed E-state index contributed by atoms with van der Waals surface area (Å²) in [5, 5.41) is 3.49. The Kier molecular flexibility index (Phi) is 4.84. The number of nitrogens with two attached hydrogens (primary N) is 1. The van der Waals surface area contributed by atoms with E-state index in [1.165, 1.54) is 57.8 Å². The van der Waals surface area contributed by atoms with Crippen molar-refractivity contribution in [1.29, 1.82) is 0 Å². The van der Waals surface area contributed by atoms with Gasteiger partial charge >= 0.3 is 0 Å². The van der Waals surface area contributed by atoms with E-state index in [0.717, 1.165) is 12.3 Å². The molecule has 1 atom stereocenters. The standard InChI is InChI=1S/C14H26N2O/c15-14(17)13(16-12-8-4-5-9-12)10-11-6-2-1-3-7-11/h11-13,16H,1-10H2,(H2,15,17). The largest absolute Gasteiger partial charge is 0.368 e. The molecule has 1 amide bonds. The highest BCUT2D eigenvalue weighted by Gasteiger charge is 2.26. The lowest BCUT2D eigenvalue weighted by atomic mass is 9.84. The molecule has 3 heteroatoms. The van der Waals surface area contributed by atoms with Crippen molar-refractivity contribution >= 4 is 5.91 Å². The number of carbonyl (C=O) groups excluding carboxylic acids is 1. The van der Waals surface area contributed by atoms with Crippen LogP contribution in [0.25, 0.3) is 0 Å². The molecule has 1 unspecified atom stereocenters. The van der Waals surface area contributed by atoms with Gasteiger partial charge in [0, 0.05) is 6.04 Å². The van der Waals surface area contributed by atoms with Crippen molar-refractivity contribution in [1.82, 2.24) is 5.32 Å². The summed E-state index contributed by atoms with van der Waals surface area (Å²) in [6, 6.07) is 0.456. The summed E-state index contributed by atoms with van der Waals surface area (Å²) in [7, 11) is 0. The molecule has 0 saturated heterocycles. The predicted molar refractivity (Wildman–Crippen MR) is 69.6 cm³/mol. The van der Waals surface area contributed by atoms with Gasteiger partial charge in [-0.15, -0.1) is 0 Å². The second kappa shape index (κ2) is 6.39. The van der Waals surface area contributed by atoms with Gasteiger partial charge in [-0.25, -0.2) is 0 Å². The maximum atomic E-state index is 11.5. The molecular formula is C14H26N2O. The number of nitrogens with one attached hydrogen (secondary N) is 1. The lowest BCUT2D eigenvalue weighted by Gasteiger charge is -2.27. The molecule has 98 valence electrons. The maximum absolute atomic E-state index is 11.5. The second-order valence-corrected chi connectivity index (χ2v) is 5.84. The molecule has 2 aliphatic rings. The van der Waals surface area contributed by atoms with E-state index in [4.69, 9.17) is 5.73 Å². The molecule has 0 radical (unpaired) electrons. The number of primary amides is 1. The Balaban J connectivity index is 1.80. The molecule has 3 nitrogen and oxygen atoms in total. The normalized spacial score (nSPS) is 24.9. The first-order chi connectivity index (χ1) is 8.25. The highest BCUT2D eigenvalue weighted by Crippen LogP contribution is 2.28. The van der Waals surface area contributed by atoms with Crippen molar-refractivity contribution in [3.63, 3.8) is 0 Å². The highest BCUT2D eigenvalue weighted by atomic mass is 16.1.